The zero-order chi connectivity index (χ0) is 12.4. The van der Waals surface area contributed by atoms with Crippen LogP contribution in [0.4, 0.5) is 0 Å². The van der Waals surface area contributed by atoms with Gasteiger partial charge in [0.1, 0.15) is 5.75 Å². The van der Waals surface area contributed by atoms with E-state index in [-0.39, 0.29) is 0 Å². The van der Waals surface area contributed by atoms with Gasteiger partial charge >= 0.3 is 0 Å². The zero-order valence-electron chi connectivity index (χ0n) is 11.2. The molecule has 0 bridgehead atoms. The van der Waals surface area contributed by atoms with Gasteiger partial charge in [-0.2, -0.15) is 0 Å². The van der Waals surface area contributed by atoms with Crippen molar-refractivity contribution in [1.29, 1.82) is 0 Å². The van der Waals surface area contributed by atoms with Gasteiger partial charge in [-0.1, -0.05) is 31.9 Å². The molecule has 98 valence electrons. The molecule has 0 radical (unpaired) electrons. The first-order valence-corrected chi connectivity index (χ1v) is 7.36. The fourth-order valence-electron chi connectivity index (χ4n) is 2.77. The van der Waals surface area contributed by atoms with E-state index in [4.69, 9.17) is 4.74 Å². The third-order valence-electron chi connectivity index (χ3n) is 4.02. The van der Waals surface area contributed by atoms with Crippen molar-refractivity contribution in [2.75, 3.05) is 13.2 Å². The van der Waals surface area contributed by atoms with Crippen LogP contribution in [-0.4, -0.2) is 13.2 Å². The molecule has 1 heterocycles. The van der Waals surface area contributed by atoms with E-state index < -0.39 is 0 Å². The zero-order valence-corrected chi connectivity index (χ0v) is 11.2. The lowest BCUT2D eigenvalue weighted by Gasteiger charge is -2.19. The maximum Gasteiger partial charge on any atom is 0.122 e. The summed E-state index contributed by atoms with van der Waals surface area (Å²) in [6, 6.07) is 7.31. The number of nitrogens with one attached hydrogen (secondary N) is 1. The second kappa shape index (κ2) is 5.31. The molecule has 2 aliphatic rings. The molecule has 2 nitrogen and oxygen atoms in total. The number of hydrogen-bond acceptors (Lipinski definition) is 2. The summed E-state index contributed by atoms with van der Waals surface area (Å²) in [5.74, 6) is 2.06. The Bertz CT molecular complexity index is 412. The molecule has 1 unspecified atom stereocenters. The van der Waals surface area contributed by atoms with Gasteiger partial charge < -0.3 is 10.1 Å². The highest BCUT2D eigenvalue weighted by molar-refractivity contribution is 5.40. The third-order valence-corrected chi connectivity index (χ3v) is 4.02. The highest BCUT2D eigenvalue weighted by Crippen LogP contribution is 2.38. The summed E-state index contributed by atoms with van der Waals surface area (Å²) in [5, 5.41) is 3.71. The Morgan fingerprint density at radius 2 is 2.28 bits per heavy atom. The summed E-state index contributed by atoms with van der Waals surface area (Å²) in [5.41, 5.74) is 2.85. The van der Waals surface area contributed by atoms with Crippen LogP contribution in [0, 0.1) is 5.92 Å². The Labute approximate surface area is 110 Å². The molecule has 0 spiro atoms. The van der Waals surface area contributed by atoms with E-state index in [1.54, 1.807) is 0 Å². The third kappa shape index (κ3) is 2.69. The number of benzene rings is 1. The normalized spacial score (nSPS) is 19.4. The van der Waals surface area contributed by atoms with Gasteiger partial charge in [-0.25, -0.2) is 0 Å². The summed E-state index contributed by atoms with van der Waals surface area (Å²) in [6.45, 7) is 4.21. The molecule has 0 aromatic heterocycles. The van der Waals surface area contributed by atoms with E-state index in [9.17, 15) is 0 Å². The SMILES string of the molecule is CCCNC(CC1CC1)c1ccc2c(c1)CCO2. The molecule has 0 saturated heterocycles. The van der Waals surface area contributed by atoms with Gasteiger partial charge in [-0.05, 0) is 42.5 Å². The minimum absolute atomic E-state index is 0.545. The van der Waals surface area contributed by atoms with Gasteiger partial charge in [0.15, 0.2) is 0 Å². The minimum atomic E-state index is 0.545. The number of hydrogen-bond donors (Lipinski definition) is 1. The minimum Gasteiger partial charge on any atom is -0.493 e. The first-order chi connectivity index (χ1) is 8.86. The Hall–Kier alpha value is -1.02. The molecular weight excluding hydrogens is 222 g/mol. The molecule has 1 atom stereocenters. The summed E-state index contributed by atoms with van der Waals surface area (Å²) in [4.78, 5) is 0. The Balaban J connectivity index is 1.75. The monoisotopic (exact) mass is 245 g/mol. The molecule has 0 amide bonds. The Morgan fingerprint density at radius 3 is 3.06 bits per heavy atom. The van der Waals surface area contributed by atoms with Crippen molar-refractivity contribution in [2.45, 2.75) is 45.1 Å². The number of ether oxygens (including phenoxy) is 1. The molecular formula is C16H23NO. The quantitative estimate of drug-likeness (QED) is 0.828. The van der Waals surface area contributed by atoms with Crippen LogP contribution >= 0.6 is 0 Å². The average molecular weight is 245 g/mol. The van der Waals surface area contributed by atoms with Crippen LogP contribution in [0.25, 0.3) is 0 Å². The van der Waals surface area contributed by atoms with E-state index in [0.717, 1.165) is 31.2 Å². The molecule has 1 saturated carbocycles. The van der Waals surface area contributed by atoms with Crippen molar-refractivity contribution in [1.82, 2.24) is 5.32 Å². The molecule has 1 N–H and O–H groups in total. The predicted molar refractivity (Wildman–Crippen MR) is 74.0 cm³/mol. The van der Waals surface area contributed by atoms with E-state index in [1.165, 1.54) is 36.8 Å². The number of rotatable bonds is 6. The molecule has 1 aliphatic carbocycles. The first-order valence-electron chi connectivity index (χ1n) is 7.36. The van der Waals surface area contributed by atoms with Gasteiger partial charge in [0, 0.05) is 12.5 Å². The van der Waals surface area contributed by atoms with E-state index >= 15 is 0 Å². The van der Waals surface area contributed by atoms with E-state index in [0.29, 0.717) is 6.04 Å². The molecule has 1 fully saturated rings. The Morgan fingerprint density at radius 1 is 1.39 bits per heavy atom. The predicted octanol–water partition coefficient (Wildman–Crippen LogP) is 3.46. The number of fused-ring (bicyclic) bond motifs is 1. The highest BCUT2D eigenvalue weighted by atomic mass is 16.5. The lowest BCUT2D eigenvalue weighted by molar-refractivity contribution is 0.356. The van der Waals surface area contributed by atoms with Crippen LogP contribution in [-0.2, 0) is 6.42 Å². The molecule has 1 aliphatic heterocycles. The van der Waals surface area contributed by atoms with E-state index in [1.807, 2.05) is 0 Å². The van der Waals surface area contributed by atoms with Crippen LogP contribution in [0.15, 0.2) is 18.2 Å². The topological polar surface area (TPSA) is 21.3 Å². The standard InChI is InChI=1S/C16H23NO/c1-2-8-17-15(10-12-3-4-12)13-5-6-16-14(11-13)7-9-18-16/h5-6,11-12,15,17H,2-4,7-10H2,1H3. The van der Waals surface area contributed by atoms with Crippen molar-refractivity contribution in [2.24, 2.45) is 5.92 Å². The van der Waals surface area contributed by atoms with Gasteiger partial charge in [0.25, 0.3) is 0 Å². The molecule has 18 heavy (non-hydrogen) atoms. The van der Waals surface area contributed by atoms with Crippen molar-refractivity contribution in [3.63, 3.8) is 0 Å². The van der Waals surface area contributed by atoms with Crippen molar-refractivity contribution in [3.8, 4) is 5.75 Å². The molecule has 2 heteroatoms. The summed E-state index contributed by atoms with van der Waals surface area (Å²) in [7, 11) is 0. The second-order valence-electron chi connectivity index (χ2n) is 5.65. The molecule has 1 aromatic rings. The first kappa shape index (κ1) is 12.0. The second-order valence-corrected chi connectivity index (χ2v) is 5.65. The smallest absolute Gasteiger partial charge is 0.122 e. The maximum atomic E-state index is 5.59. The van der Waals surface area contributed by atoms with Crippen LogP contribution < -0.4 is 10.1 Å². The van der Waals surface area contributed by atoms with Crippen LogP contribution in [0.3, 0.4) is 0 Å². The summed E-state index contributed by atoms with van der Waals surface area (Å²) in [6.07, 6.45) is 6.44. The highest BCUT2D eigenvalue weighted by Gasteiger charge is 2.26. The van der Waals surface area contributed by atoms with Crippen LogP contribution in [0.1, 0.15) is 49.8 Å². The Kier molecular flexibility index (Phi) is 3.55. The lowest BCUT2D eigenvalue weighted by atomic mass is 9.98. The lowest BCUT2D eigenvalue weighted by Crippen LogP contribution is -2.22. The fourth-order valence-corrected chi connectivity index (χ4v) is 2.77. The van der Waals surface area contributed by atoms with Gasteiger partial charge in [-0.3, -0.25) is 0 Å². The summed E-state index contributed by atoms with van der Waals surface area (Å²) < 4.78 is 5.59. The molecule has 1 aromatic carbocycles. The van der Waals surface area contributed by atoms with Gasteiger partial charge in [-0.15, -0.1) is 0 Å². The van der Waals surface area contributed by atoms with Crippen molar-refractivity contribution in [3.05, 3.63) is 29.3 Å². The maximum absolute atomic E-state index is 5.59. The van der Waals surface area contributed by atoms with Gasteiger partial charge in [0.2, 0.25) is 0 Å². The van der Waals surface area contributed by atoms with Crippen molar-refractivity contribution >= 4 is 0 Å². The van der Waals surface area contributed by atoms with Crippen LogP contribution in [0.5, 0.6) is 5.75 Å². The summed E-state index contributed by atoms with van der Waals surface area (Å²) >= 11 is 0. The van der Waals surface area contributed by atoms with Crippen LogP contribution in [0.2, 0.25) is 0 Å². The average Bonchev–Trinajstić information content (AvgIpc) is 3.08. The fraction of sp³-hybridized carbons (Fsp3) is 0.625. The van der Waals surface area contributed by atoms with Crippen molar-refractivity contribution < 1.29 is 4.74 Å². The van der Waals surface area contributed by atoms with Gasteiger partial charge in [0.05, 0.1) is 6.61 Å². The van der Waals surface area contributed by atoms with E-state index in [2.05, 4.69) is 30.4 Å². The molecule has 3 rings (SSSR count). The largest absolute Gasteiger partial charge is 0.493 e.